The summed E-state index contributed by atoms with van der Waals surface area (Å²) in [5.74, 6) is 1.92. The summed E-state index contributed by atoms with van der Waals surface area (Å²) >= 11 is 0. The summed E-state index contributed by atoms with van der Waals surface area (Å²) in [6, 6.07) is 16.9. The first-order chi connectivity index (χ1) is 7.95. The van der Waals surface area contributed by atoms with Crippen LogP contribution in [0.5, 0.6) is 0 Å². The Morgan fingerprint density at radius 1 is 0.941 bits per heavy atom. The van der Waals surface area contributed by atoms with Crippen LogP contribution in [0.4, 0.5) is 0 Å². The molecular formula is C16H18Ti-6. The Labute approximate surface area is 119 Å². The predicted molar refractivity (Wildman–Crippen MR) is 68.0 cm³/mol. The Morgan fingerprint density at radius 3 is 2.00 bits per heavy atom. The van der Waals surface area contributed by atoms with Crippen LogP contribution in [-0.4, -0.2) is 0 Å². The molecule has 0 nitrogen and oxygen atoms in total. The molecule has 2 saturated carbocycles. The number of rotatable bonds is 2. The van der Waals surface area contributed by atoms with Gasteiger partial charge < -0.3 is 30.3 Å². The van der Waals surface area contributed by atoms with E-state index in [-0.39, 0.29) is 21.7 Å². The maximum Gasteiger partial charge on any atom is 0 e. The zero-order valence-electron chi connectivity index (χ0n) is 10.1. The van der Waals surface area contributed by atoms with Crippen LogP contribution >= 0.6 is 0 Å². The molecule has 0 radical (unpaired) electrons. The molecule has 2 fully saturated rings. The van der Waals surface area contributed by atoms with Gasteiger partial charge in [-0.15, -0.1) is 0 Å². The van der Waals surface area contributed by atoms with Crippen molar-refractivity contribution in [3.63, 3.8) is 0 Å². The van der Waals surface area contributed by atoms with Crippen molar-refractivity contribution in [3.05, 3.63) is 59.7 Å². The third-order valence-electron chi connectivity index (χ3n) is 3.47. The zero-order chi connectivity index (χ0) is 10.8. The van der Waals surface area contributed by atoms with Crippen LogP contribution in [0.1, 0.15) is 48.6 Å². The van der Waals surface area contributed by atoms with Crippen LogP contribution in [0.3, 0.4) is 0 Å². The van der Waals surface area contributed by atoms with Gasteiger partial charge in [0.15, 0.2) is 0 Å². The van der Waals surface area contributed by atoms with Crippen LogP contribution in [0.25, 0.3) is 0 Å². The molecule has 0 amide bonds. The Bertz CT molecular complexity index is 372. The maximum absolute atomic E-state index is 2.34. The van der Waals surface area contributed by atoms with Gasteiger partial charge in [-0.3, -0.25) is 0 Å². The van der Waals surface area contributed by atoms with Gasteiger partial charge in [-0.2, -0.15) is 17.2 Å². The minimum absolute atomic E-state index is 0. The molecule has 0 spiro atoms. The summed E-state index contributed by atoms with van der Waals surface area (Å²) in [6.07, 6.45) is 5.79. The van der Waals surface area contributed by atoms with Crippen molar-refractivity contribution in [1.82, 2.24) is 0 Å². The minimum atomic E-state index is 0. The molecule has 0 N–H and O–H groups in total. The van der Waals surface area contributed by atoms with Gasteiger partial charge in [0.25, 0.3) is 0 Å². The van der Waals surface area contributed by atoms with Crippen molar-refractivity contribution in [1.29, 1.82) is 0 Å². The Hall–Kier alpha value is -0.586. The van der Waals surface area contributed by atoms with Gasteiger partial charge in [-0.05, 0) is 18.8 Å². The molecule has 1 heteroatoms. The van der Waals surface area contributed by atoms with Crippen molar-refractivity contribution in [2.75, 3.05) is 0 Å². The van der Waals surface area contributed by atoms with Crippen molar-refractivity contribution < 1.29 is 21.7 Å². The third-order valence-corrected chi connectivity index (χ3v) is 3.47. The Morgan fingerprint density at radius 2 is 1.53 bits per heavy atom. The molecule has 0 aromatic heterocycles. The van der Waals surface area contributed by atoms with Crippen molar-refractivity contribution in [3.8, 4) is 0 Å². The summed E-state index contributed by atoms with van der Waals surface area (Å²) in [5.41, 5.74) is 3.38. The third kappa shape index (κ3) is 3.44. The van der Waals surface area contributed by atoms with Crippen LogP contribution in [0, 0.1) is 0 Å². The quantitative estimate of drug-likeness (QED) is 0.547. The van der Waals surface area contributed by atoms with E-state index in [9.17, 15) is 0 Å². The molecule has 92 valence electrons. The van der Waals surface area contributed by atoms with E-state index in [0.29, 0.717) is 0 Å². The average Bonchev–Trinajstić information content (AvgIpc) is 3.24. The first-order valence-corrected chi connectivity index (χ1v) is 6.37. The molecule has 0 unspecified atom stereocenters. The van der Waals surface area contributed by atoms with Crippen LogP contribution < -0.4 is 0 Å². The van der Waals surface area contributed by atoms with Crippen molar-refractivity contribution >= 4 is 0 Å². The zero-order valence-corrected chi connectivity index (χ0v) is 11.7. The van der Waals surface area contributed by atoms with E-state index in [0.717, 1.165) is 11.8 Å². The molecule has 0 bridgehead atoms. The SMILES string of the molecule is [Ti].[cH-]1[cH-][cH-][cH-][cH-]1.c1cc(C2CC2)[c-](C2CC2)c1. The summed E-state index contributed by atoms with van der Waals surface area (Å²) in [5, 5.41) is 0. The summed E-state index contributed by atoms with van der Waals surface area (Å²) in [7, 11) is 0. The fraction of sp³-hybridized carbons (Fsp3) is 0.375. The van der Waals surface area contributed by atoms with E-state index in [1.807, 2.05) is 30.3 Å². The molecule has 0 saturated heterocycles. The van der Waals surface area contributed by atoms with Gasteiger partial charge in [0.2, 0.25) is 0 Å². The van der Waals surface area contributed by atoms with Crippen LogP contribution in [-0.2, 0) is 21.7 Å². The normalized spacial score (nSPS) is 17.9. The van der Waals surface area contributed by atoms with Gasteiger partial charge in [0.05, 0.1) is 0 Å². The Balaban J connectivity index is 0.000000155. The van der Waals surface area contributed by atoms with Crippen LogP contribution in [0.15, 0.2) is 48.5 Å². The fourth-order valence-electron chi connectivity index (χ4n) is 2.30. The maximum atomic E-state index is 2.34. The largest absolute Gasteiger partial charge is 0.748 e. The first kappa shape index (κ1) is 12.9. The summed E-state index contributed by atoms with van der Waals surface area (Å²) < 4.78 is 0. The second kappa shape index (κ2) is 5.84. The fourth-order valence-corrected chi connectivity index (χ4v) is 2.30. The number of hydrogen-bond acceptors (Lipinski definition) is 0. The molecule has 17 heavy (non-hydrogen) atoms. The molecule has 4 rings (SSSR count). The van der Waals surface area contributed by atoms with Gasteiger partial charge in [0, 0.05) is 21.7 Å². The molecule has 2 aromatic carbocycles. The predicted octanol–water partition coefficient (Wildman–Crippen LogP) is 4.56. The van der Waals surface area contributed by atoms with Gasteiger partial charge >= 0.3 is 0 Å². The molecule has 0 aliphatic heterocycles. The average molecular weight is 258 g/mol. The first-order valence-electron chi connectivity index (χ1n) is 6.37. The summed E-state index contributed by atoms with van der Waals surface area (Å²) in [6.45, 7) is 0. The molecule has 2 aliphatic carbocycles. The molecular weight excluding hydrogens is 240 g/mol. The standard InChI is InChI=1S/C11H13.C5H5.Ti/c1-2-10(8-4-5-8)11(3-1)9-6-7-9;1-2-4-5-3-1;/h1-3,8-9H,4-7H2;1-5H;/q-1;-5;. The summed E-state index contributed by atoms with van der Waals surface area (Å²) in [4.78, 5) is 0. The molecule has 2 aromatic rings. The topological polar surface area (TPSA) is 0 Å². The van der Waals surface area contributed by atoms with E-state index in [1.165, 1.54) is 25.7 Å². The number of hydrogen-bond donors (Lipinski definition) is 0. The van der Waals surface area contributed by atoms with Gasteiger partial charge in [-0.1, -0.05) is 18.8 Å². The monoisotopic (exact) mass is 258 g/mol. The van der Waals surface area contributed by atoms with E-state index >= 15 is 0 Å². The van der Waals surface area contributed by atoms with Gasteiger partial charge in [0.1, 0.15) is 0 Å². The molecule has 0 atom stereocenters. The van der Waals surface area contributed by atoms with E-state index in [1.54, 1.807) is 11.1 Å². The minimum Gasteiger partial charge on any atom is -0.748 e. The van der Waals surface area contributed by atoms with Crippen molar-refractivity contribution in [2.24, 2.45) is 0 Å². The van der Waals surface area contributed by atoms with Crippen molar-refractivity contribution in [2.45, 2.75) is 37.5 Å². The smallest absolute Gasteiger partial charge is 0 e. The van der Waals surface area contributed by atoms with E-state index in [4.69, 9.17) is 0 Å². The molecule has 2 aliphatic rings. The van der Waals surface area contributed by atoms with E-state index in [2.05, 4.69) is 18.2 Å². The van der Waals surface area contributed by atoms with Gasteiger partial charge in [-0.25, -0.2) is 12.1 Å². The van der Waals surface area contributed by atoms with Crippen LogP contribution in [0.2, 0.25) is 0 Å². The second-order valence-electron chi connectivity index (χ2n) is 4.95. The molecule has 0 heterocycles. The second-order valence-corrected chi connectivity index (χ2v) is 4.95. The van der Waals surface area contributed by atoms with E-state index < -0.39 is 0 Å². The Kier molecular flexibility index (Phi) is 4.42.